The van der Waals surface area contributed by atoms with Gasteiger partial charge in [-0.25, -0.2) is 0 Å². The zero-order valence-electron chi connectivity index (χ0n) is 23.8. The summed E-state index contributed by atoms with van der Waals surface area (Å²) in [5.41, 5.74) is 5.15. The summed E-state index contributed by atoms with van der Waals surface area (Å²) in [6.07, 6.45) is 1.90. The summed E-state index contributed by atoms with van der Waals surface area (Å²) in [6.45, 7) is 0. The summed E-state index contributed by atoms with van der Waals surface area (Å²) in [5.74, 6) is 0.930. The molecule has 0 N–H and O–H groups in total. The normalized spacial score (nSPS) is 11.1. The van der Waals surface area contributed by atoms with Crippen LogP contribution in [0.5, 0.6) is 5.75 Å². The van der Waals surface area contributed by atoms with Crippen molar-refractivity contribution < 1.29 is 4.74 Å². The van der Waals surface area contributed by atoms with Crippen molar-refractivity contribution in [3.05, 3.63) is 175 Å². The van der Waals surface area contributed by atoms with Crippen LogP contribution in [0.1, 0.15) is 11.1 Å². The average molecular weight is 581 g/mol. The van der Waals surface area contributed by atoms with Crippen LogP contribution < -0.4 is 26.0 Å². The number of methoxy groups -OCH3 is 1. The summed E-state index contributed by atoms with van der Waals surface area (Å²) in [5, 5.41) is 5.56. The Hall–Kier alpha value is -4.02. The quantitative estimate of drug-likeness (QED) is 0.147. The number of ether oxygens (including phenoxy) is 1. The van der Waals surface area contributed by atoms with E-state index in [-0.39, 0.29) is 0 Å². The topological polar surface area (TPSA) is 9.23 Å². The Morgan fingerprint density at radius 1 is 0.405 bits per heavy atom. The maximum Gasteiger partial charge on any atom is 0.126 e. The largest absolute Gasteiger partial charge is 0.496 e. The van der Waals surface area contributed by atoms with Crippen LogP contribution in [-0.2, 0) is 12.3 Å². The first-order chi connectivity index (χ1) is 20.8. The molecule has 0 heterocycles. The summed E-state index contributed by atoms with van der Waals surface area (Å²) in [6, 6.07) is 59.4. The molecule has 0 aliphatic heterocycles. The summed E-state index contributed by atoms with van der Waals surface area (Å²) in [4.78, 5) is 0. The van der Waals surface area contributed by atoms with E-state index in [4.69, 9.17) is 4.74 Å². The lowest BCUT2D eigenvalue weighted by atomic mass is 9.95. The van der Waals surface area contributed by atoms with Gasteiger partial charge in [-0.2, -0.15) is 0 Å². The molecule has 0 atom stereocenters. The molecule has 0 saturated carbocycles. The van der Waals surface area contributed by atoms with Gasteiger partial charge >= 0.3 is 0 Å². The van der Waals surface area contributed by atoms with Gasteiger partial charge in [-0.15, -0.1) is 0 Å². The van der Waals surface area contributed by atoms with Crippen molar-refractivity contribution >= 4 is 37.1 Å². The Balaban J connectivity index is 1.45. The molecule has 6 aromatic rings. The van der Waals surface area contributed by atoms with Crippen LogP contribution in [0.3, 0.4) is 0 Å². The minimum absolute atomic E-state index is 0.583. The zero-order valence-corrected chi connectivity index (χ0v) is 25.6. The molecule has 3 heteroatoms. The van der Waals surface area contributed by atoms with E-state index in [0.717, 1.165) is 18.1 Å². The fourth-order valence-corrected chi connectivity index (χ4v) is 10.2. The second kappa shape index (κ2) is 13.8. The van der Waals surface area contributed by atoms with Crippen molar-refractivity contribution in [2.45, 2.75) is 12.3 Å². The second-order valence-corrected chi connectivity index (χ2v) is 14.6. The van der Waals surface area contributed by atoms with E-state index < -0.39 is 15.8 Å². The lowest BCUT2D eigenvalue weighted by molar-refractivity contribution is 0.416. The molecular weight excluding hydrogens is 546 g/mol. The van der Waals surface area contributed by atoms with Gasteiger partial charge in [-0.3, -0.25) is 0 Å². The van der Waals surface area contributed by atoms with Crippen molar-refractivity contribution in [1.29, 1.82) is 0 Å². The minimum Gasteiger partial charge on any atom is -0.496 e. The van der Waals surface area contributed by atoms with Crippen molar-refractivity contribution in [2.75, 3.05) is 7.11 Å². The van der Waals surface area contributed by atoms with E-state index >= 15 is 0 Å². The molecule has 0 aromatic heterocycles. The first kappa shape index (κ1) is 28.1. The third-order valence-corrected chi connectivity index (χ3v) is 12.5. The van der Waals surface area contributed by atoms with Crippen molar-refractivity contribution in [3.8, 4) is 16.9 Å². The monoisotopic (exact) mass is 580 g/mol. The van der Waals surface area contributed by atoms with E-state index in [1.165, 1.54) is 43.5 Å². The van der Waals surface area contributed by atoms with Crippen LogP contribution in [-0.4, -0.2) is 7.11 Å². The van der Waals surface area contributed by atoms with E-state index in [1.54, 1.807) is 7.11 Å². The molecule has 0 aliphatic carbocycles. The Bertz CT molecular complexity index is 1630. The van der Waals surface area contributed by atoms with Crippen molar-refractivity contribution in [3.63, 3.8) is 0 Å². The lowest BCUT2D eigenvalue weighted by Crippen LogP contribution is -2.14. The fraction of sp³-hybridized carbons (Fsp3) is 0.0769. The van der Waals surface area contributed by atoms with Gasteiger partial charge in [0.05, 0.1) is 7.11 Å². The number of benzene rings is 6. The average Bonchev–Trinajstić information content (AvgIpc) is 3.07. The SMILES string of the molecule is COc1cccc(CP(c2ccccc2)c2ccccc2)c1-c1ccccc1CP(c1ccccc1)c1ccccc1. The molecule has 1 nitrogen and oxygen atoms in total. The van der Waals surface area contributed by atoms with Crippen molar-refractivity contribution in [1.82, 2.24) is 0 Å². The van der Waals surface area contributed by atoms with E-state index in [2.05, 4.69) is 164 Å². The van der Waals surface area contributed by atoms with Gasteiger partial charge in [0.25, 0.3) is 0 Å². The van der Waals surface area contributed by atoms with Crippen LogP contribution in [0.25, 0.3) is 11.1 Å². The van der Waals surface area contributed by atoms with Gasteiger partial charge < -0.3 is 4.74 Å². The molecular formula is C39H34OP2. The fourth-order valence-electron chi connectivity index (χ4n) is 5.52. The van der Waals surface area contributed by atoms with Gasteiger partial charge in [-0.05, 0) is 59.8 Å². The third-order valence-electron chi connectivity index (χ3n) is 7.55. The van der Waals surface area contributed by atoms with Crippen molar-refractivity contribution in [2.24, 2.45) is 0 Å². The van der Waals surface area contributed by atoms with Gasteiger partial charge in [0, 0.05) is 17.9 Å². The Labute approximate surface area is 252 Å². The molecule has 42 heavy (non-hydrogen) atoms. The number of hydrogen-bond donors (Lipinski definition) is 0. The molecule has 0 spiro atoms. The standard InChI is InChI=1S/C39H34OP2/c1-40-38-28-16-18-32(30-42(35-23-10-4-11-24-35)36-25-12-5-13-26-36)39(38)37-27-15-14-17-31(37)29-41(33-19-6-2-7-20-33)34-21-8-3-9-22-34/h2-28H,29-30H2,1H3. The van der Waals surface area contributed by atoms with Crippen LogP contribution in [0.15, 0.2) is 164 Å². The van der Waals surface area contributed by atoms with E-state index in [0.29, 0.717) is 0 Å². The Kier molecular flexibility index (Phi) is 9.21. The first-order valence-electron chi connectivity index (χ1n) is 14.3. The summed E-state index contributed by atoms with van der Waals surface area (Å²) < 4.78 is 6.08. The van der Waals surface area contributed by atoms with E-state index in [1.807, 2.05) is 0 Å². The number of rotatable bonds is 10. The first-order valence-corrected chi connectivity index (χ1v) is 17.4. The molecule has 0 fully saturated rings. The molecule has 0 aliphatic rings. The highest BCUT2D eigenvalue weighted by molar-refractivity contribution is 7.72. The second-order valence-electron chi connectivity index (χ2n) is 10.2. The highest BCUT2D eigenvalue weighted by Crippen LogP contribution is 2.46. The zero-order chi connectivity index (χ0) is 28.6. The molecule has 0 radical (unpaired) electrons. The molecule has 0 saturated heterocycles. The van der Waals surface area contributed by atoms with Gasteiger partial charge in [-0.1, -0.05) is 158 Å². The lowest BCUT2D eigenvalue weighted by Gasteiger charge is -2.24. The molecule has 6 rings (SSSR count). The molecule has 206 valence electrons. The minimum atomic E-state index is -0.601. The third kappa shape index (κ3) is 6.39. The highest BCUT2D eigenvalue weighted by Gasteiger charge is 2.22. The molecule has 0 unspecified atom stereocenters. The van der Waals surface area contributed by atoms with Gasteiger partial charge in [0.1, 0.15) is 5.75 Å². The molecule has 6 aromatic carbocycles. The van der Waals surface area contributed by atoms with Crippen LogP contribution in [0, 0.1) is 0 Å². The van der Waals surface area contributed by atoms with Gasteiger partial charge in [0.2, 0.25) is 0 Å². The Morgan fingerprint density at radius 2 is 0.786 bits per heavy atom. The molecule has 0 bridgehead atoms. The van der Waals surface area contributed by atoms with E-state index in [9.17, 15) is 0 Å². The number of hydrogen-bond acceptors (Lipinski definition) is 1. The van der Waals surface area contributed by atoms with Crippen LogP contribution in [0.2, 0.25) is 0 Å². The Morgan fingerprint density at radius 3 is 1.24 bits per heavy atom. The smallest absolute Gasteiger partial charge is 0.126 e. The predicted molar refractivity (Wildman–Crippen MR) is 184 cm³/mol. The maximum absolute atomic E-state index is 6.08. The van der Waals surface area contributed by atoms with Crippen LogP contribution in [0.4, 0.5) is 0 Å². The van der Waals surface area contributed by atoms with Gasteiger partial charge in [0.15, 0.2) is 0 Å². The van der Waals surface area contributed by atoms with Crippen LogP contribution >= 0.6 is 15.8 Å². The summed E-state index contributed by atoms with van der Waals surface area (Å²) >= 11 is 0. The highest BCUT2D eigenvalue weighted by atomic mass is 31.1. The predicted octanol–water partition coefficient (Wildman–Crippen LogP) is 8.63. The maximum atomic E-state index is 6.08. The molecule has 0 amide bonds. The summed E-state index contributed by atoms with van der Waals surface area (Å²) in [7, 11) is 0.611.